The number of hydrogen-bond acceptors (Lipinski definition) is 5. The Morgan fingerprint density at radius 2 is 2.24 bits per heavy atom. The molecular formula is C15H23N3O3. The number of benzene rings is 1. The Morgan fingerprint density at radius 3 is 2.90 bits per heavy atom. The summed E-state index contributed by atoms with van der Waals surface area (Å²) in [7, 11) is 0. The zero-order valence-electron chi connectivity index (χ0n) is 12.1. The number of para-hydroxylation sites is 1. The summed E-state index contributed by atoms with van der Waals surface area (Å²) in [4.78, 5) is 13.2. The van der Waals surface area contributed by atoms with Gasteiger partial charge in [0.15, 0.2) is 0 Å². The van der Waals surface area contributed by atoms with E-state index < -0.39 is 6.10 Å². The number of amides is 1. The quantitative estimate of drug-likeness (QED) is 0.640. The predicted molar refractivity (Wildman–Crippen MR) is 79.6 cm³/mol. The Kier molecular flexibility index (Phi) is 5.55. The number of carbonyl (C=O) groups is 1. The van der Waals surface area contributed by atoms with Gasteiger partial charge in [0.05, 0.1) is 5.92 Å². The molecule has 1 saturated heterocycles. The van der Waals surface area contributed by atoms with E-state index in [2.05, 4.69) is 0 Å². The van der Waals surface area contributed by atoms with Crippen LogP contribution >= 0.6 is 0 Å². The molecule has 2 rings (SSSR count). The average molecular weight is 293 g/mol. The number of aliphatic hydroxyl groups is 1. The van der Waals surface area contributed by atoms with Gasteiger partial charge in [-0.15, -0.1) is 0 Å². The van der Waals surface area contributed by atoms with E-state index >= 15 is 0 Å². The molecule has 1 aliphatic heterocycles. The minimum atomic E-state index is -0.609. The van der Waals surface area contributed by atoms with Gasteiger partial charge < -0.3 is 21.3 Å². The van der Waals surface area contributed by atoms with Crippen LogP contribution in [0.25, 0.3) is 0 Å². The average Bonchev–Trinajstić information content (AvgIpc) is 2.94. The largest absolute Gasteiger partial charge is 0.491 e. The highest BCUT2D eigenvalue weighted by molar-refractivity contribution is 5.77. The summed E-state index contributed by atoms with van der Waals surface area (Å²) in [6, 6.07) is 7.52. The molecule has 1 heterocycles. The Balaban J connectivity index is 1.77. The normalized spacial score (nSPS) is 20.4. The molecule has 1 amide bonds. The first-order chi connectivity index (χ1) is 10.1. The van der Waals surface area contributed by atoms with Crippen molar-refractivity contribution in [2.75, 3.05) is 26.2 Å². The first kappa shape index (κ1) is 15.8. The first-order valence-electron chi connectivity index (χ1n) is 7.20. The molecule has 0 radical (unpaired) electrons. The van der Waals surface area contributed by atoms with E-state index in [9.17, 15) is 9.90 Å². The van der Waals surface area contributed by atoms with Crippen molar-refractivity contribution in [3.63, 3.8) is 0 Å². The smallest absolute Gasteiger partial charge is 0.221 e. The second kappa shape index (κ2) is 7.40. The molecule has 1 fully saturated rings. The van der Waals surface area contributed by atoms with E-state index in [1.54, 1.807) is 0 Å². The zero-order valence-corrected chi connectivity index (χ0v) is 12.1. The van der Waals surface area contributed by atoms with Gasteiger partial charge in [-0.05, 0) is 19.0 Å². The second-order valence-electron chi connectivity index (χ2n) is 5.42. The van der Waals surface area contributed by atoms with Crippen LogP contribution in [-0.4, -0.2) is 48.3 Å². The van der Waals surface area contributed by atoms with Gasteiger partial charge in [-0.25, -0.2) is 0 Å². The lowest BCUT2D eigenvalue weighted by Crippen LogP contribution is -2.35. The lowest BCUT2D eigenvalue weighted by atomic mass is 10.1. The fourth-order valence-corrected chi connectivity index (χ4v) is 2.58. The highest BCUT2D eigenvalue weighted by atomic mass is 16.5. The van der Waals surface area contributed by atoms with E-state index in [4.69, 9.17) is 16.2 Å². The lowest BCUT2D eigenvalue weighted by Gasteiger charge is -2.20. The van der Waals surface area contributed by atoms with Crippen molar-refractivity contribution >= 4 is 5.91 Å². The Labute approximate surface area is 124 Å². The van der Waals surface area contributed by atoms with Gasteiger partial charge in [0.25, 0.3) is 0 Å². The lowest BCUT2D eigenvalue weighted by molar-refractivity contribution is -0.121. The molecule has 0 aliphatic carbocycles. The molecule has 0 bridgehead atoms. The minimum absolute atomic E-state index is 0.101. The maximum atomic E-state index is 11.1. The van der Waals surface area contributed by atoms with Gasteiger partial charge in [-0.3, -0.25) is 9.69 Å². The first-order valence-corrected chi connectivity index (χ1v) is 7.20. The minimum Gasteiger partial charge on any atom is -0.491 e. The van der Waals surface area contributed by atoms with Crippen LogP contribution in [0.3, 0.4) is 0 Å². The van der Waals surface area contributed by atoms with Gasteiger partial charge in [-0.2, -0.15) is 0 Å². The fourth-order valence-electron chi connectivity index (χ4n) is 2.58. The molecule has 6 heteroatoms. The number of primary amides is 1. The number of nitrogens with zero attached hydrogens (tertiary/aromatic N) is 1. The number of aliphatic hydroxyl groups excluding tert-OH is 1. The van der Waals surface area contributed by atoms with E-state index in [1.807, 2.05) is 29.2 Å². The summed E-state index contributed by atoms with van der Waals surface area (Å²) >= 11 is 0. The van der Waals surface area contributed by atoms with E-state index in [0.29, 0.717) is 25.4 Å². The molecule has 1 aromatic carbocycles. The van der Waals surface area contributed by atoms with Crippen LogP contribution in [-0.2, 0) is 11.3 Å². The number of ether oxygens (including phenoxy) is 1. The molecule has 1 aromatic rings. The van der Waals surface area contributed by atoms with Crippen LogP contribution in [0, 0.1) is 5.92 Å². The third-order valence-electron chi connectivity index (χ3n) is 3.77. The maximum absolute atomic E-state index is 11.1. The Morgan fingerprint density at radius 1 is 1.48 bits per heavy atom. The fraction of sp³-hybridized carbons (Fsp3) is 0.533. The van der Waals surface area contributed by atoms with Crippen LogP contribution in [0.1, 0.15) is 12.0 Å². The number of β-amino-alcohol motifs (C(OH)–C–C–N with tert-alkyl or cyclic N) is 1. The van der Waals surface area contributed by atoms with Crippen molar-refractivity contribution in [3.05, 3.63) is 29.8 Å². The molecule has 0 saturated carbocycles. The van der Waals surface area contributed by atoms with Crippen LogP contribution in [0.15, 0.2) is 24.3 Å². The molecule has 0 spiro atoms. The number of rotatable bonds is 7. The molecule has 2 unspecified atom stereocenters. The van der Waals surface area contributed by atoms with Crippen molar-refractivity contribution in [2.24, 2.45) is 17.4 Å². The van der Waals surface area contributed by atoms with Crippen molar-refractivity contribution < 1.29 is 14.6 Å². The van der Waals surface area contributed by atoms with Crippen molar-refractivity contribution in [3.8, 4) is 5.75 Å². The number of hydrogen-bond donors (Lipinski definition) is 3. The van der Waals surface area contributed by atoms with Gasteiger partial charge in [-0.1, -0.05) is 18.2 Å². The summed E-state index contributed by atoms with van der Waals surface area (Å²) in [6.07, 6.45) is 0.154. The highest BCUT2D eigenvalue weighted by Crippen LogP contribution is 2.18. The van der Waals surface area contributed by atoms with Crippen molar-refractivity contribution in [1.82, 2.24) is 4.90 Å². The van der Waals surface area contributed by atoms with Crippen molar-refractivity contribution in [1.29, 1.82) is 0 Å². The zero-order chi connectivity index (χ0) is 15.2. The molecule has 0 aromatic heterocycles. The van der Waals surface area contributed by atoms with Gasteiger partial charge in [0.2, 0.25) is 5.91 Å². The van der Waals surface area contributed by atoms with E-state index in [1.165, 1.54) is 0 Å². The molecule has 116 valence electrons. The standard InChI is InChI=1S/C15H23N3O3/c16-7-11-3-1-2-4-14(11)21-10-13(19)9-18-6-5-12(8-18)15(17)20/h1-4,12-13,19H,5-10,16H2,(H2,17,20). The summed E-state index contributed by atoms with van der Waals surface area (Å²) in [5.41, 5.74) is 11.8. The Bertz CT molecular complexity index is 481. The third kappa shape index (κ3) is 4.42. The van der Waals surface area contributed by atoms with Gasteiger partial charge in [0, 0.05) is 25.2 Å². The summed E-state index contributed by atoms with van der Waals surface area (Å²) in [6.45, 7) is 2.48. The van der Waals surface area contributed by atoms with Crippen LogP contribution < -0.4 is 16.2 Å². The van der Waals surface area contributed by atoms with Crippen LogP contribution in [0.5, 0.6) is 5.75 Å². The monoisotopic (exact) mass is 293 g/mol. The Hall–Kier alpha value is -1.63. The van der Waals surface area contributed by atoms with Gasteiger partial charge >= 0.3 is 0 Å². The maximum Gasteiger partial charge on any atom is 0.221 e. The van der Waals surface area contributed by atoms with Crippen LogP contribution in [0.2, 0.25) is 0 Å². The third-order valence-corrected chi connectivity index (χ3v) is 3.77. The number of likely N-dealkylation sites (tertiary alicyclic amines) is 1. The number of nitrogens with two attached hydrogens (primary N) is 2. The summed E-state index contributed by atoms with van der Waals surface area (Å²) in [5.74, 6) is 0.340. The highest BCUT2D eigenvalue weighted by Gasteiger charge is 2.27. The second-order valence-corrected chi connectivity index (χ2v) is 5.42. The van der Waals surface area contributed by atoms with E-state index in [-0.39, 0.29) is 18.4 Å². The molecule has 5 N–H and O–H groups in total. The molecule has 6 nitrogen and oxygen atoms in total. The SMILES string of the molecule is NCc1ccccc1OCC(O)CN1CCC(C(N)=O)C1. The van der Waals surface area contributed by atoms with E-state index in [0.717, 1.165) is 18.5 Å². The van der Waals surface area contributed by atoms with Crippen LogP contribution in [0.4, 0.5) is 0 Å². The molecule has 1 aliphatic rings. The molecule has 21 heavy (non-hydrogen) atoms. The van der Waals surface area contributed by atoms with Crippen molar-refractivity contribution in [2.45, 2.75) is 19.1 Å². The molecular weight excluding hydrogens is 270 g/mol. The van der Waals surface area contributed by atoms with Gasteiger partial charge in [0.1, 0.15) is 18.5 Å². The summed E-state index contributed by atoms with van der Waals surface area (Å²) < 4.78 is 5.63. The number of carbonyl (C=O) groups excluding carboxylic acids is 1. The molecule has 2 atom stereocenters. The topological polar surface area (TPSA) is 102 Å². The predicted octanol–water partition coefficient (Wildman–Crippen LogP) is -0.308. The summed E-state index contributed by atoms with van der Waals surface area (Å²) in [5, 5.41) is 10.0.